The Morgan fingerprint density at radius 2 is 1.85 bits per heavy atom. The van der Waals surface area contributed by atoms with Gasteiger partial charge in [-0.05, 0) is 18.3 Å². The molecule has 4 heteroatoms. The van der Waals surface area contributed by atoms with E-state index in [9.17, 15) is 8.42 Å². The molecule has 76 valence electrons. The molecule has 0 aromatic rings. The lowest BCUT2D eigenvalue weighted by atomic mass is 10.1. The number of hydrogen-bond donors (Lipinski definition) is 1. The summed E-state index contributed by atoms with van der Waals surface area (Å²) >= 11 is 0. The molecule has 0 unspecified atom stereocenters. The lowest BCUT2D eigenvalue weighted by Gasteiger charge is -2.26. The van der Waals surface area contributed by atoms with Crippen molar-refractivity contribution in [1.82, 2.24) is 5.32 Å². The van der Waals surface area contributed by atoms with Crippen LogP contribution in [0.15, 0.2) is 0 Å². The summed E-state index contributed by atoms with van der Waals surface area (Å²) in [5.74, 6) is 1.96. The van der Waals surface area contributed by atoms with Gasteiger partial charge in [-0.15, -0.1) is 0 Å². The van der Waals surface area contributed by atoms with Crippen molar-refractivity contribution in [2.24, 2.45) is 11.8 Å². The fraction of sp³-hybridized carbons (Fsp3) is 1.00. The lowest BCUT2D eigenvalue weighted by molar-refractivity contribution is 0.378. The van der Waals surface area contributed by atoms with Crippen molar-refractivity contribution in [2.45, 2.75) is 19.3 Å². The van der Waals surface area contributed by atoms with E-state index in [4.69, 9.17) is 0 Å². The van der Waals surface area contributed by atoms with Crippen LogP contribution in [0.3, 0.4) is 0 Å². The Kier molecular flexibility index (Phi) is 2.60. The van der Waals surface area contributed by atoms with Crippen LogP contribution in [0.5, 0.6) is 0 Å². The van der Waals surface area contributed by atoms with Gasteiger partial charge in [0.25, 0.3) is 0 Å². The van der Waals surface area contributed by atoms with Crippen LogP contribution in [0.25, 0.3) is 0 Å². The second-order valence-corrected chi connectivity index (χ2v) is 6.60. The first kappa shape index (κ1) is 9.46. The first-order chi connectivity index (χ1) is 6.16. The van der Waals surface area contributed by atoms with Crippen LogP contribution in [0.2, 0.25) is 0 Å². The Labute approximate surface area is 79.8 Å². The van der Waals surface area contributed by atoms with E-state index in [2.05, 4.69) is 5.32 Å². The predicted octanol–water partition coefficient (Wildman–Crippen LogP) is 0.421. The SMILES string of the molecule is O=S(=O)(CCC1CC1)CC1CNC1. The third-order valence-corrected chi connectivity index (χ3v) is 4.73. The molecule has 0 aromatic carbocycles. The molecule has 0 radical (unpaired) electrons. The van der Waals surface area contributed by atoms with Crippen LogP contribution in [-0.4, -0.2) is 33.0 Å². The highest BCUT2D eigenvalue weighted by Gasteiger charge is 2.27. The van der Waals surface area contributed by atoms with Gasteiger partial charge < -0.3 is 5.32 Å². The van der Waals surface area contributed by atoms with Gasteiger partial charge in [-0.2, -0.15) is 0 Å². The first-order valence-electron chi connectivity index (χ1n) is 5.07. The summed E-state index contributed by atoms with van der Waals surface area (Å²) in [4.78, 5) is 0. The second-order valence-electron chi connectivity index (χ2n) is 4.37. The summed E-state index contributed by atoms with van der Waals surface area (Å²) in [5.41, 5.74) is 0. The van der Waals surface area contributed by atoms with Crippen molar-refractivity contribution in [1.29, 1.82) is 0 Å². The average Bonchev–Trinajstić information content (AvgIpc) is 2.77. The van der Waals surface area contributed by atoms with Crippen LogP contribution < -0.4 is 5.32 Å². The summed E-state index contributed by atoms with van der Waals surface area (Å²) in [6, 6.07) is 0. The molecule has 1 aliphatic heterocycles. The van der Waals surface area contributed by atoms with Gasteiger partial charge in [0.1, 0.15) is 0 Å². The van der Waals surface area contributed by atoms with Crippen LogP contribution >= 0.6 is 0 Å². The summed E-state index contributed by atoms with van der Waals surface area (Å²) in [7, 11) is -2.74. The third kappa shape index (κ3) is 2.95. The molecule has 1 N–H and O–H groups in total. The molecule has 1 saturated heterocycles. The van der Waals surface area contributed by atoms with E-state index in [-0.39, 0.29) is 0 Å². The maximum atomic E-state index is 11.5. The Balaban J connectivity index is 1.72. The predicted molar refractivity (Wildman–Crippen MR) is 52.4 cm³/mol. The van der Waals surface area contributed by atoms with Crippen LogP contribution in [0, 0.1) is 11.8 Å². The van der Waals surface area contributed by atoms with Crippen molar-refractivity contribution < 1.29 is 8.42 Å². The Morgan fingerprint density at radius 1 is 1.15 bits per heavy atom. The van der Waals surface area contributed by atoms with Gasteiger partial charge in [-0.1, -0.05) is 12.8 Å². The minimum absolute atomic E-state index is 0.393. The normalized spacial score (nSPS) is 24.3. The zero-order valence-corrected chi connectivity index (χ0v) is 8.65. The van der Waals surface area contributed by atoms with E-state index in [1.54, 1.807) is 0 Å². The van der Waals surface area contributed by atoms with E-state index in [0.29, 0.717) is 17.4 Å². The third-order valence-electron chi connectivity index (χ3n) is 2.89. The van der Waals surface area contributed by atoms with Crippen LogP contribution in [0.4, 0.5) is 0 Å². The van der Waals surface area contributed by atoms with Gasteiger partial charge >= 0.3 is 0 Å². The van der Waals surface area contributed by atoms with E-state index in [1.165, 1.54) is 12.8 Å². The van der Waals surface area contributed by atoms with Gasteiger partial charge in [0.2, 0.25) is 0 Å². The fourth-order valence-corrected chi connectivity index (χ4v) is 3.47. The molecule has 0 aromatic heterocycles. The maximum absolute atomic E-state index is 11.5. The molecule has 2 aliphatic rings. The van der Waals surface area contributed by atoms with Crippen LogP contribution in [0.1, 0.15) is 19.3 Å². The van der Waals surface area contributed by atoms with Crippen molar-refractivity contribution in [2.75, 3.05) is 24.6 Å². The first-order valence-corrected chi connectivity index (χ1v) is 6.89. The molecule has 0 spiro atoms. The fourth-order valence-electron chi connectivity index (χ4n) is 1.66. The molecule has 2 rings (SSSR count). The molecule has 0 atom stereocenters. The highest BCUT2D eigenvalue weighted by atomic mass is 32.2. The molecule has 0 bridgehead atoms. The summed E-state index contributed by atoms with van der Waals surface area (Å²) in [5, 5.41) is 3.10. The number of nitrogens with one attached hydrogen (secondary N) is 1. The maximum Gasteiger partial charge on any atom is 0.150 e. The lowest BCUT2D eigenvalue weighted by Crippen LogP contribution is -2.45. The molecule has 1 saturated carbocycles. The van der Waals surface area contributed by atoms with E-state index in [1.807, 2.05) is 0 Å². The molecule has 3 nitrogen and oxygen atoms in total. The van der Waals surface area contributed by atoms with Crippen LogP contribution in [-0.2, 0) is 9.84 Å². The van der Waals surface area contributed by atoms with Crippen molar-refractivity contribution in [3.8, 4) is 0 Å². The zero-order chi connectivity index (χ0) is 9.31. The Morgan fingerprint density at radius 3 is 2.31 bits per heavy atom. The molecule has 13 heavy (non-hydrogen) atoms. The smallest absolute Gasteiger partial charge is 0.150 e. The van der Waals surface area contributed by atoms with Crippen molar-refractivity contribution in [3.63, 3.8) is 0 Å². The van der Waals surface area contributed by atoms with Crippen molar-refractivity contribution >= 4 is 9.84 Å². The Hall–Kier alpha value is -0.0900. The van der Waals surface area contributed by atoms with Gasteiger partial charge in [-0.25, -0.2) is 8.42 Å². The summed E-state index contributed by atoms with van der Waals surface area (Å²) in [6.45, 7) is 1.78. The topological polar surface area (TPSA) is 46.2 Å². The molecule has 1 heterocycles. The standard InChI is InChI=1S/C9H17NO2S/c11-13(12,4-3-8-1-2-8)7-9-5-10-6-9/h8-10H,1-7H2. The molecular weight excluding hydrogens is 186 g/mol. The second kappa shape index (κ2) is 3.58. The average molecular weight is 203 g/mol. The molecular formula is C9H17NO2S. The van der Waals surface area contributed by atoms with Gasteiger partial charge in [0, 0.05) is 13.1 Å². The quantitative estimate of drug-likeness (QED) is 0.704. The molecule has 0 amide bonds. The number of hydrogen-bond acceptors (Lipinski definition) is 3. The Bertz CT molecular complexity index is 265. The minimum atomic E-state index is -2.74. The number of rotatable bonds is 5. The highest BCUT2D eigenvalue weighted by molar-refractivity contribution is 7.91. The monoisotopic (exact) mass is 203 g/mol. The molecule has 2 fully saturated rings. The largest absolute Gasteiger partial charge is 0.316 e. The van der Waals surface area contributed by atoms with Gasteiger partial charge in [0.15, 0.2) is 9.84 Å². The van der Waals surface area contributed by atoms with Gasteiger partial charge in [0.05, 0.1) is 11.5 Å². The summed E-state index contributed by atoms with van der Waals surface area (Å²) < 4.78 is 23.1. The minimum Gasteiger partial charge on any atom is -0.316 e. The number of sulfone groups is 1. The summed E-state index contributed by atoms with van der Waals surface area (Å²) in [6.07, 6.45) is 3.41. The van der Waals surface area contributed by atoms with E-state index in [0.717, 1.165) is 25.4 Å². The molecule has 1 aliphatic carbocycles. The van der Waals surface area contributed by atoms with Crippen molar-refractivity contribution in [3.05, 3.63) is 0 Å². The van der Waals surface area contributed by atoms with Gasteiger partial charge in [-0.3, -0.25) is 0 Å². The zero-order valence-electron chi connectivity index (χ0n) is 7.83. The van der Waals surface area contributed by atoms with E-state index >= 15 is 0 Å². The highest BCUT2D eigenvalue weighted by Crippen LogP contribution is 2.32. The van der Waals surface area contributed by atoms with E-state index < -0.39 is 9.84 Å².